The Hall–Kier alpha value is -1.16. The van der Waals surface area contributed by atoms with E-state index in [2.05, 4.69) is 0 Å². The highest BCUT2D eigenvalue weighted by Gasteiger charge is 2.41. The number of nitrogens with zero attached hydrogens (tertiary/aromatic N) is 2. The van der Waals surface area contributed by atoms with Gasteiger partial charge in [0.1, 0.15) is 13.1 Å². The molecule has 2 amide bonds. The first-order valence-electron chi connectivity index (χ1n) is 6.22. The third-order valence-corrected chi connectivity index (χ3v) is 6.57. The fraction of sp³-hybridized carbons (Fsp3) is 0.800. The summed E-state index contributed by atoms with van der Waals surface area (Å²) >= 11 is 0. The van der Waals surface area contributed by atoms with Crippen LogP contribution in [-0.2, 0) is 29.6 Å². The molecule has 20 heavy (non-hydrogen) atoms. The zero-order valence-electron chi connectivity index (χ0n) is 11.4. The second kappa shape index (κ2) is 6.08. The summed E-state index contributed by atoms with van der Waals surface area (Å²) in [7, 11) is -7.71. The molecule has 10 heteroatoms. The molecule has 1 saturated heterocycles. The number of carbonyl (C=O) groups excluding carboxylic acids is 2. The van der Waals surface area contributed by atoms with Crippen LogP contribution in [0.25, 0.3) is 0 Å². The van der Waals surface area contributed by atoms with E-state index in [4.69, 9.17) is 0 Å². The van der Waals surface area contributed by atoms with Crippen molar-refractivity contribution in [3.05, 3.63) is 0 Å². The highest BCUT2D eigenvalue weighted by atomic mass is 32.2. The van der Waals surface area contributed by atoms with Crippen molar-refractivity contribution in [1.29, 1.82) is 0 Å². The van der Waals surface area contributed by atoms with Crippen molar-refractivity contribution in [1.82, 2.24) is 8.61 Å². The van der Waals surface area contributed by atoms with Crippen LogP contribution in [0.4, 0.5) is 0 Å². The monoisotopic (exact) mass is 326 g/mol. The fourth-order valence-corrected chi connectivity index (χ4v) is 4.65. The Kier molecular flexibility index (Phi) is 5.14. The molecule has 0 aliphatic carbocycles. The summed E-state index contributed by atoms with van der Waals surface area (Å²) in [5, 5.41) is 0. The van der Waals surface area contributed by atoms with Crippen LogP contribution in [0.15, 0.2) is 0 Å². The smallest absolute Gasteiger partial charge is 0.257 e. The van der Waals surface area contributed by atoms with Gasteiger partial charge < -0.3 is 0 Å². The van der Waals surface area contributed by atoms with E-state index in [0.717, 1.165) is 0 Å². The Morgan fingerprint density at radius 1 is 0.800 bits per heavy atom. The maximum Gasteiger partial charge on any atom is 0.257 e. The topological polar surface area (TPSA) is 109 Å². The molecule has 0 aromatic heterocycles. The first-order valence-corrected chi connectivity index (χ1v) is 9.44. The Balaban J connectivity index is 2.99. The van der Waals surface area contributed by atoms with Gasteiger partial charge in [0.15, 0.2) is 0 Å². The average molecular weight is 326 g/mol. The van der Waals surface area contributed by atoms with Gasteiger partial charge in [0, 0.05) is 0 Å². The summed E-state index contributed by atoms with van der Waals surface area (Å²) in [6.07, 6.45) is 0.607. The van der Waals surface area contributed by atoms with Crippen LogP contribution >= 0.6 is 0 Å². The molecule has 0 aromatic carbocycles. The van der Waals surface area contributed by atoms with E-state index in [1.165, 1.54) is 0 Å². The van der Waals surface area contributed by atoms with Crippen molar-refractivity contribution in [3.63, 3.8) is 0 Å². The predicted octanol–water partition coefficient (Wildman–Crippen LogP) is -0.863. The van der Waals surface area contributed by atoms with Crippen LogP contribution in [0.3, 0.4) is 0 Å². The zero-order chi connectivity index (χ0) is 15.6. The van der Waals surface area contributed by atoms with E-state index in [1.54, 1.807) is 13.8 Å². The van der Waals surface area contributed by atoms with Crippen LogP contribution < -0.4 is 0 Å². The lowest BCUT2D eigenvalue weighted by Crippen LogP contribution is -2.57. The van der Waals surface area contributed by atoms with E-state index >= 15 is 0 Å². The lowest BCUT2D eigenvalue weighted by molar-refractivity contribution is -0.141. The molecule has 1 rings (SSSR count). The van der Waals surface area contributed by atoms with Gasteiger partial charge in [-0.15, -0.1) is 0 Å². The Bertz CT molecular complexity index is 541. The standard InChI is InChI=1S/C10H18N2O6S2/c1-3-5-19(15,16)11-7-10(14)12(8-9(11)13)20(17,18)6-4-2/h3-8H2,1-2H3. The SMILES string of the molecule is CCCS(=O)(=O)N1CC(=O)N(S(=O)(=O)CCC)CC1=O. The molecule has 0 radical (unpaired) electrons. The third kappa shape index (κ3) is 3.48. The minimum absolute atomic E-state index is 0.256. The number of hydrogen-bond acceptors (Lipinski definition) is 6. The van der Waals surface area contributed by atoms with Gasteiger partial charge in [-0.1, -0.05) is 13.8 Å². The number of rotatable bonds is 6. The summed E-state index contributed by atoms with van der Waals surface area (Å²) in [6, 6.07) is 0. The van der Waals surface area contributed by atoms with Gasteiger partial charge in [0.05, 0.1) is 11.5 Å². The number of hydrogen-bond donors (Lipinski definition) is 0. The first kappa shape index (κ1) is 16.9. The molecule has 0 atom stereocenters. The fourth-order valence-electron chi connectivity index (χ4n) is 1.82. The minimum Gasteiger partial charge on any atom is -0.272 e. The lowest BCUT2D eigenvalue weighted by Gasteiger charge is -2.32. The van der Waals surface area contributed by atoms with Crippen molar-refractivity contribution in [2.45, 2.75) is 26.7 Å². The molecule has 8 nitrogen and oxygen atoms in total. The highest BCUT2D eigenvalue weighted by molar-refractivity contribution is 7.90. The van der Waals surface area contributed by atoms with Crippen molar-refractivity contribution in [3.8, 4) is 0 Å². The quantitative estimate of drug-likeness (QED) is 0.628. The maximum atomic E-state index is 11.8. The van der Waals surface area contributed by atoms with E-state index in [0.29, 0.717) is 21.5 Å². The predicted molar refractivity (Wildman–Crippen MR) is 71.6 cm³/mol. The molecule has 0 unspecified atom stereocenters. The van der Waals surface area contributed by atoms with Crippen LogP contribution in [0.1, 0.15) is 26.7 Å². The molecule has 1 aliphatic rings. The summed E-state index contributed by atoms with van der Waals surface area (Å²) in [5.41, 5.74) is 0. The van der Waals surface area contributed by atoms with Gasteiger partial charge in [-0.25, -0.2) is 25.4 Å². The summed E-state index contributed by atoms with van der Waals surface area (Å²) < 4.78 is 48.2. The van der Waals surface area contributed by atoms with Gasteiger partial charge in [-0.2, -0.15) is 0 Å². The Labute approximate surface area is 118 Å². The molecule has 0 spiro atoms. The van der Waals surface area contributed by atoms with Crippen LogP contribution in [0.2, 0.25) is 0 Å². The van der Waals surface area contributed by atoms with Crippen LogP contribution in [-0.4, -0.2) is 61.9 Å². The summed E-state index contributed by atoms with van der Waals surface area (Å²) in [4.78, 5) is 23.6. The molecule has 0 bridgehead atoms. The number of piperazine rings is 1. The number of amides is 2. The van der Waals surface area contributed by atoms with Crippen molar-refractivity contribution in [2.24, 2.45) is 0 Å². The van der Waals surface area contributed by atoms with Gasteiger partial charge in [0.25, 0.3) is 11.8 Å². The molecule has 1 heterocycles. The van der Waals surface area contributed by atoms with Crippen LogP contribution in [0.5, 0.6) is 0 Å². The second-order valence-corrected chi connectivity index (χ2v) is 8.46. The van der Waals surface area contributed by atoms with Crippen molar-refractivity contribution < 1.29 is 26.4 Å². The molecular weight excluding hydrogens is 308 g/mol. The molecule has 1 aliphatic heterocycles. The maximum absolute atomic E-state index is 11.8. The highest BCUT2D eigenvalue weighted by Crippen LogP contribution is 2.15. The molecule has 116 valence electrons. The Morgan fingerprint density at radius 3 is 1.35 bits per heavy atom. The summed E-state index contributed by atoms with van der Waals surface area (Å²) in [6.45, 7) is 1.77. The lowest BCUT2D eigenvalue weighted by atomic mass is 10.4. The third-order valence-electron chi connectivity index (χ3n) is 2.71. The van der Waals surface area contributed by atoms with Crippen molar-refractivity contribution in [2.75, 3.05) is 24.6 Å². The van der Waals surface area contributed by atoms with Gasteiger partial charge in [-0.05, 0) is 12.8 Å². The zero-order valence-corrected chi connectivity index (χ0v) is 13.0. The van der Waals surface area contributed by atoms with Crippen LogP contribution in [0, 0.1) is 0 Å². The van der Waals surface area contributed by atoms with E-state index < -0.39 is 45.0 Å². The van der Waals surface area contributed by atoms with Gasteiger partial charge in [-0.3, -0.25) is 9.59 Å². The average Bonchev–Trinajstić information content (AvgIpc) is 2.31. The largest absolute Gasteiger partial charge is 0.272 e. The van der Waals surface area contributed by atoms with E-state index in [-0.39, 0.29) is 11.5 Å². The number of sulfonamides is 2. The minimum atomic E-state index is -3.86. The first-order chi connectivity index (χ1) is 9.15. The molecule has 1 fully saturated rings. The molecule has 0 aromatic rings. The molecular formula is C10H18N2O6S2. The van der Waals surface area contributed by atoms with Gasteiger partial charge >= 0.3 is 0 Å². The number of carbonyl (C=O) groups is 2. The van der Waals surface area contributed by atoms with E-state index in [1.807, 2.05) is 0 Å². The summed E-state index contributed by atoms with van der Waals surface area (Å²) in [5.74, 6) is -2.29. The van der Waals surface area contributed by atoms with E-state index in [9.17, 15) is 26.4 Å². The van der Waals surface area contributed by atoms with Gasteiger partial charge in [0.2, 0.25) is 20.0 Å². The van der Waals surface area contributed by atoms with Crippen molar-refractivity contribution >= 4 is 31.9 Å². The Morgan fingerprint density at radius 2 is 1.10 bits per heavy atom. The normalized spacial score (nSPS) is 17.7. The second-order valence-electron chi connectivity index (χ2n) is 4.43. The molecule has 0 N–H and O–H groups in total. The molecule has 0 saturated carbocycles.